The molecule has 1 fully saturated rings. The van der Waals surface area contributed by atoms with E-state index in [1.807, 2.05) is 12.4 Å². The summed E-state index contributed by atoms with van der Waals surface area (Å²) in [6.45, 7) is 8.52. The quantitative estimate of drug-likeness (QED) is 0.780. The van der Waals surface area contributed by atoms with E-state index in [-0.39, 0.29) is 4.75 Å². The predicted molar refractivity (Wildman–Crippen MR) is 91.2 cm³/mol. The number of ether oxygens (including phenoxy) is 1. The number of pyridine rings is 1. The minimum absolute atomic E-state index is 0.264. The van der Waals surface area contributed by atoms with Gasteiger partial charge in [0.25, 0.3) is 0 Å². The van der Waals surface area contributed by atoms with E-state index in [2.05, 4.69) is 48.9 Å². The van der Waals surface area contributed by atoms with Gasteiger partial charge in [-0.15, -0.1) is 0 Å². The number of hydrogen-bond donors (Lipinski definition) is 1. The van der Waals surface area contributed by atoms with Crippen LogP contribution in [0.15, 0.2) is 18.5 Å². The van der Waals surface area contributed by atoms with Crippen molar-refractivity contribution in [1.29, 1.82) is 0 Å². The second kappa shape index (κ2) is 8.04. The van der Waals surface area contributed by atoms with Crippen molar-refractivity contribution in [2.75, 3.05) is 18.9 Å². The van der Waals surface area contributed by atoms with Gasteiger partial charge in [0.2, 0.25) is 0 Å². The van der Waals surface area contributed by atoms with Crippen molar-refractivity contribution in [1.82, 2.24) is 10.3 Å². The van der Waals surface area contributed by atoms with Crippen molar-refractivity contribution in [2.45, 2.75) is 57.2 Å². The second-order valence-corrected chi connectivity index (χ2v) is 7.58. The first-order valence-corrected chi connectivity index (χ1v) is 9.13. The number of rotatable bonds is 8. The predicted octanol–water partition coefficient (Wildman–Crippen LogP) is 4.20. The molecule has 1 saturated heterocycles. The molecule has 1 N–H and O–H groups in total. The summed E-state index contributed by atoms with van der Waals surface area (Å²) in [5.41, 5.74) is 1.26. The van der Waals surface area contributed by atoms with Crippen molar-refractivity contribution in [3.05, 3.63) is 24.0 Å². The summed E-state index contributed by atoms with van der Waals surface area (Å²) in [7, 11) is 0. The molecule has 1 aromatic rings. The summed E-state index contributed by atoms with van der Waals surface area (Å²) in [6.07, 6.45) is 8.56. The van der Waals surface area contributed by atoms with Gasteiger partial charge in [0, 0.05) is 17.0 Å². The van der Waals surface area contributed by atoms with Crippen molar-refractivity contribution in [2.24, 2.45) is 0 Å². The van der Waals surface area contributed by atoms with E-state index in [0.717, 1.165) is 31.7 Å². The van der Waals surface area contributed by atoms with Crippen molar-refractivity contribution in [3.8, 4) is 5.75 Å². The first-order chi connectivity index (χ1) is 10.2. The van der Waals surface area contributed by atoms with Crippen LogP contribution in [0.2, 0.25) is 0 Å². The summed E-state index contributed by atoms with van der Waals surface area (Å²) in [4.78, 5) is 4.39. The lowest BCUT2D eigenvalue weighted by Gasteiger charge is -2.34. The molecule has 4 heteroatoms. The lowest BCUT2D eigenvalue weighted by Crippen LogP contribution is -2.38. The molecular formula is C17H28N2OS. The highest BCUT2D eigenvalue weighted by molar-refractivity contribution is 8.00. The Morgan fingerprint density at radius 3 is 2.90 bits per heavy atom. The van der Waals surface area contributed by atoms with Crippen LogP contribution < -0.4 is 10.1 Å². The van der Waals surface area contributed by atoms with Crippen molar-refractivity contribution in [3.63, 3.8) is 0 Å². The Kier molecular flexibility index (Phi) is 6.37. The molecule has 0 bridgehead atoms. The number of nitrogens with one attached hydrogen (secondary N) is 1. The molecule has 2 atom stereocenters. The largest absolute Gasteiger partial charge is 0.492 e. The summed E-state index contributed by atoms with van der Waals surface area (Å²) < 4.78 is 6.01. The van der Waals surface area contributed by atoms with E-state index >= 15 is 0 Å². The van der Waals surface area contributed by atoms with Crippen LogP contribution in [-0.2, 0) is 0 Å². The highest BCUT2D eigenvalue weighted by Gasteiger charge is 2.38. The van der Waals surface area contributed by atoms with Gasteiger partial charge in [0.15, 0.2) is 0 Å². The number of hydrogen-bond acceptors (Lipinski definition) is 4. The monoisotopic (exact) mass is 308 g/mol. The topological polar surface area (TPSA) is 34.2 Å². The molecule has 0 aliphatic carbocycles. The van der Waals surface area contributed by atoms with Gasteiger partial charge in [-0.25, -0.2) is 0 Å². The third-order valence-electron chi connectivity index (χ3n) is 4.00. The Morgan fingerprint density at radius 1 is 1.38 bits per heavy atom. The van der Waals surface area contributed by atoms with E-state index < -0.39 is 0 Å². The summed E-state index contributed by atoms with van der Waals surface area (Å²) in [5.74, 6) is 2.16. The van der Waals surface area contributed by atoms with Crippen LogP contribution in [0.1, 0.15) is 58.1 Å². The zero-order valence-electron chi connectivity index (χ0n) is 13.5. The first-order valence-electron chi connectivity index (χ1n) is 8.14. The maximum Gasteiger partial charge on any atom is 0.137 e. The molecule has 0 radical (unpaired) electrons. The minimum Gasteiger partial charge on any atom is -0.492 e. The molecule has 0 saturated carbocycles. The third kappa shape index (κ3) is 4.36. The summed E-state index contributed by atoms with van der Waals surface area (Å²) in [6, 6.07) is 2.52. The second-order valence-electron chi connectivity index (χ2n) is 5.95. The van der Waals surface area contributed by atoms with Gasteiger partial charge in [-0.1, -0.05) is 13.8 Å². The maximum atomic E-state index is 5.75. The number of nitrogens with zero attached hydrogens (tertiary/aromatic N) is 1. The van der Waals surface area contributed by atoms with Gasteiger partial charge in [0.05, 0.1) is 12.8 Å². The molecule has 1 aliphatic heterocycles. The molecule has 2 rings (SSSR count). The Labute approximate surface area is 133 Å². The standard InChI is InChI=1S/C17H28N2OS/c1-4-8-19-16(17(3)7-6-10-21-17)14-11-15(13-18-12-14)20-9-5-2/h11-13,16,19H,4-10H2,1-3H3. The van der Waals surface area contributed by atoms with E-state index in [0.29, 0.717) is 6.04 Å². The Morgan fingerprint density at radius 2 is 2.24 bits per heavy atom. The highest BCUT2D eigenvalue weighted by atomic mass is 32.2. The zero-order chi connectivity index (χ0) is 15.1. The number of thioether (sulfide) groups is 1. The summed E-state index contributed by atoms with van der Waals surface area (Å²) in [5, 5.41) is 3.74. The Balaban J connectivity index is 2.19. The maximum absolute atomic E-state index is 5.75. The highest BCUT2D eigenvalue weighted by Crippen LogP contribution is 2.46. The van der Waals surface area contributed by atoms with Crippen molar-refractivity contribution < 1.29 is 4.74 Å². The van der Waals surface area contributed by atoms with Crippen LogP contribution in [0.4, 0.5) is 0 Å². The first kappa shape index (κ1) is 16.6. The lowest BCUT2D eigenvalue weighted by molar-refractivity contribution is 0.314. The van der Waals surface area contributed by atoms with E-state index in [1.165, 1.54) is 24.2 Å². The van der Waals surface area contributed by atoms with E-state index in [1.54, 1.807) is 0 Å². The van der Waals surface area contributed by atoms with Crippen LogP contribution in [-0.4, -0.2) is 28.6 Å². The fourth-order valence-corrected chi connectivity index (χ4v) is 4.33. The average molecular weight is 308 g/mol. The number of aromatic nitrogens is 1. The van der Waals surface area contributed by atoms with Crippen molar-refractivity contribution >= 4 is 11.8 Å². The minimum atomic E-state index is 0.264. The molecule has 21 heavy (non-hydrogen) atoms. The molecule has 1 aromatic heterocycles. The van der Waals surface area contributed by atoms with Gasteiger partial charge in [-0.05, 0) is 56.5 Å². The fourth-order valence-electron chi connectivity index (χ4n) is 2.90. The SMILES string of the molecule is CCCNC(c1cncc(OCCC)c1)C1(C)CCCS1. The lowest BCUT2D eigenvalue weighted by atomic mass is 9.91. The molecule has 0 amide bonds. The zero-order valence-corrected chi connectivity index (χ0v) is 14.3. The molecule has 2 heterocycles. The molecule has 3 nitrogen and oxygen atoms in total. The van der Waals surface area contributed by atoms with Crippen LogP contribution in [0.3, 0.4) is 0 Å². The molecular weight excluding hydrogens is 280 g/mol. The Hall–Kier alpha value is -0.740. The molecule has 0 spiro atoms. The third-order valence-corrected chi connectivity index (χ3v) is 5.59. The normalized spacial score (nSPS) is 23.2. The Bertz CT molecular complexity index is 433. The average Bonchev–Trinajstić information content (AvgIpc) is 2.93. The van der Waals surface area contributed by atoms with Gasteiger partial charge in [-0.3, -0.25) is 4.98 Å². The van der Waals surface area contributed by atoms with E-state index in [4.69, 9.17) is 4.74 Å². The van der Waals surface area contributed by atoms with Gasteiger partial charge in [0.1, 0.15) is 5.75 Å². The van der Waals surface area contributed by atoms with Gasteiger partial charge in [-0.2, -0.15) is 11.8 Å². The van der Waals surface area contributed by atoms with Gasteiger partial charge >= 0.3 is 0 Å². The van der Waals surface area contributed by atoms with Crippen LogP contribution in [0.5, 0.6) is 5.75 Å². The van der Waals surface area contributed by atoms with E-state index in [9.17, 15) is 0 Å². The molecule has 118 valence electrons. The molecule has 2 unspecified atom stereocenters. The molecule has 0 aromatic carbocycles. The smallest absolute Gasteiger partial charge is 0.137 e. The van der Waals surface area contributed by atoms with Crippen LogP contribution in [0.25, 0.3) is 0 Å². The molecule has 1 aliphatic rings. The summed E-state index contributed by atoms with van der Waals surface area (Å²) >= 11 is 2.09. The fraction of sp³-hybridized carbons (Fsp3) is 0.706. The van der Waals surface area contributed by atoms with Gasteiger partial charge < -0.3 is 10.1 Å². The van der Waals surface area contributed by atoms with Crippen LogP contribution >= 0.6 is 11.8 Å². The van der Waals surface area contributed by atoms with Crippen LogP contribution in [0, 0.1) is 0 Å².